The van der Waals surface area contributed by atoms with Gasteiger partial charge in [0.05, 0.1) is 0 Å². The molecule has 0 amide bonds. The Kier molecular flexibility index (Phi) is 4.36. The number of nitrogens with one attached hydrogen (secondary N) is 2. The molecule has 8 nitrogen and oxygen atoms in total. The van der Waals surface area contributed by atoms with Gasteiger partial charge in [-0.25, -0.2) is 9.97 Å². The molecule has 0 aliphatic heterocycles. The summed E-state index contributed by atoms with van der Waals surface area (Å²) in [4.78, 5) is 12.3. The highest BCUT2D eigenvalue weighted by Crippen LogP contribution is 2.24. The molecule has 27 heavy (non-hydrogen) atoms. The van der Waals surface area contributed by atoms with E-state index in [1.54, 1.807) is 6.07 Å². The molecule has 4 rings (SSSR count). The van der Waals surface area contributed by atoms with Gasteiger partial charge in [0, 0.05) is 17.3 Å². The third kappa shape index (κ3) is 4.01. The molecule has 0 aliphatic carbocycles. The van der Waals surface area contributed by atoms with Crippen LogP contribution >= 0.6 is 0 Å². The molecule has 0 unspecified atom stereocenters. The first-order valence-corrected chi connectivity index (χ1v) is 8.28. The zero-order chi connectivity index (χ0) is 18.6. The first-order valence-electron chi connectivity index (χ1n) is 8.28. The summed E-state index contributed by atoms with van der Waals surface area (Å²) in [6, 6.07) is 17.0. The standard InChI is InChI=1S/C19H17N7O/c1-12-3-2-4-14(9-12)23-19-24-18(25-26-19)13-5-7-15(8-6-13)27-17-10-16(20)21-11-22-17/h2-11H,1H3,(H2,20,21,22)(H2,23,24,25,26). The van der Waals surface area contributed by atoms with Crippen LogP contribution in [-0.2, 0) is 0 Å². The topological polar surface area (TPSA) is 115 Å². The van der Waals surface area contributed by atoms with E-state index in [0.717, 1.165) is 16.8 Å². The molecule has 0 atom stereocenters. The van der Waals surface area contributed by atoms with E-state index in [0.29, 0.717) is 29.2 Å². The van der Waals surface area contributed by atoms with E-state index in [9.17, 15) is 0 Å². The van der Waals surface area contributed by atoms with Crippen molar-refractivity contribution in [3.63, 3.8) is 0 Å². The molecular formula is C19H17N7O. The third-order valence-electron chi connectivity index (χ3n) is 3.77. The number of H-pyrrole nitrogens is 1. The van der Waals surface area contributed by atoms with Gasteiger partial charge in [0.1, 0.15) is 17.9 Å². The Morgan fingerprint density at radius 3 is 2.67 bits per heavy atom. The fourth-order valence-electron chi connectivity index (χ4n) is 2.51. The normalized spacial score (nSPS) is 10.6. The Labute approximate surface area is 155 Å². The summed E-state index contributed by atoms with van der Waals surface area (Å²) in [6.07, 6.45) is 1.36. The minimum absolute atomic E-state index is 0.354. The zero-order valence-corrected chi connectivity index (χ0v) is 14.5. The van der Waals surface area contributed by atoms with Crippen molar-refractivity contribution in [3.05, 3.63) is 66.5 Å². The average molecular weight is 359 g/mol. The summed E-state index contributed by atoms with van der Waals surface area (Å²) in [5.74, 6) is 2.54. The van der Waals surface area contributed by atoms with E-state index in [4.69, 9.17) is 10.5 Å². The lowest BCUT2D eigenvalue weighted by atomic mass is 10.2. The molecule has 0 radical (unpaired) electrons. The maximum Gasteiger partial charge on any atom is 0.246 e. The summed E-state index contributed by atoms with van der Waals surface area (Å²) in [5.41, 5.74) is 8.61. The van der Waals surface area contributed by atoms with Gasteiger partial charge in [-0.05, 0) is 48.9 Å². The molecule has 2 aromatic carbocycles. The van der Waals surface area contributed by atoms with Crippen molar-refractivity contribution in [2.75, 3.05) is 11.1 Å². The number of nitrogens with two attached hydrogens (primary N) is 1. The highest BCUT2D eigenvalue weighted by molar-refractivity contribution is 5.60. The Morgan fingerprint density at radius 1 is 1.04 bits per heavy atom. The molecule has 0 saturated heterocycles. The monoisotopic (exact) mass is 359 g/mol. The second-order valence-electron chi connectivity index (χ2n) is 5.91. The molecule has 0 saturated carbocycles. The SMILES string of the molecule is Cc1cccc(Nc2n[nH]c(-c3ccc(Oc4cc(N)ncn4)cc3)n2)c1. The maximum absolute atomic E-state index is 5.66. The summed E-state index contributed by atoms with van der Waals surface area (Å²) in [7, 11) is 0. The van der Waals surface area contributed by atoms with E-state index >= 15 is 0 Å². The fourth-order valence-corrected chi connectivity index (χ4v) is 2.51. The van der Waals surface area contributed by atoms with E-state index < -0.39 is 0 Å². The number of aryl methyl sites for hydroxylation is 1. The summed E-state index contributed by atoms with van der Waals surface area (Å²) in [5, 5.41) is 10.3. The minimum Gasteiger partial charge on any atom is -0.439 e. The average Bonchev–Trinajstić information content (AvgIpc) is 3.11. The van der Waals surface area contributed by atoms with Gasteiger partial charge in [0.25, 0.3) is 0 Å². The molecular weight excluding hydrogens is 342 g/mol. The van der Waals surface area contributed by atoms with Crippen molar-refractivity contribution < 1.29 is 4.74 Å². The fraction of sp³-hybridized carbons (Fsp3) is 0.0526. The van der Waals surface area contributed by atoms with Gasteiger partial charge in [-0.2, -0.15) is 4.98 Å². The number of anilines is 3. The van der Waals surface area contributed by atoms with E-state index in [2.05, 4.69) is 30.5 Å². The number of aromatic nitrogens is 5. The van der Waals surface area contributed by atoms with Gasteiger partial charge < -0.3 is 15.8 Å². The molecule has 4 N–H and O–H groups in total. The van der Waals surface area contributed by atoms with Crippen LogP contribution in [0.2, 0.25) is 0 Å². The highest BCUT2D eigenvalue weighted by atomic mass is 16.5. The molecule has 0 spiro atoms. The van der Waals surface area contributed by atoms with Gasteiger partial charge in [0.15, 0.2) is 5.82 Å². The van der Waals surface area contributed by atoms with Crippen LogP contribution in [0.15, 0.2) is 60.9 Å². The smallest absolute Gasteiger partial charge is 0.246 e. The maximum atomic E-state index is 5.66. The zero-order valence-electron chi connectivity index (χ0n) is 14.5. The van der Waals surface area contributed by atoms with Crippen LogP contribution in [0.5, 0.6) is 11.6 Å². The van der Waals surface area contributed by atoms with Crippen molar-refractivity contribution in [3.8, 4) is 23.0 Å². The lowest BCUT2D eigenvalue weighted by molar-refractivity contribution is 0.462. The predicted octanol–water partition coefficient (Wildman–Crippen LogP) is 3.69. The van der Waals surface area contributed by atoms with Crippen molar-refractivity contribution >= 4 is 17.5 Å². The predicted molar refractivity (Wildman–Crippen MR) is 103 cm³/mol. The van der Waals surface area contributed by atoms with Crippen LogP contribution in [-0.4, -0.2) is 25.1 Å². The van der Waals surface area contributed by atoms with Crippen molar-refractivity contribution in [2.45, 2.75) is 6.92 Å². The van der Waals surface area contributed by atoms with Crippen molar-refractivity contribution in [1.82, 2.24) is 25.1 Å². The number of nitrogen functional groups attached to an aromatic ring is 1. The Balaban J connectivity index is 1.47. The van der Waals surface area contributed by atoms with Gasteiger partial charge in [-0.15, -0.1) is 5.10 Å². The summed E-state index contributed by atoms with van der Waals surface area (Å²) in [6.45, 7) is 2.04. The van der Waals surface area contributed by atoms with E-state index in [1.165, 1.54) is 6.33 Å². The van der Waals surface area contributed by atoms with E-state index in [1.807, 2.05) is 55.5 Å². The first kappa shape index (κ1) is 16.5. The van der Waals surface area contributed by atoms with Crippen LogP contribution in [0.1, 0.15) is 5.56 Å². The molecule has 8 heteroatoms. The Bertz CT molecular complexity index is 1060. The summed E-state index contributed by atoms with van der Waals surface area (Å²) >= 11 is 0. The lowest BCUT2D eigenvalue weighted by Gasteiger charge is -2.05. The number of hydrogen-bond acceptors (Lipinski definition) is 7. The largest absolute Gasteiger partial charge is 0.439 e. The third-order valence-corrected chi connectivity index (χ3v) is 3.77. The number of hydrogen-bond donors (Lipinski definition) is 3. The molecule has 2 heterocycles. The molecule has 0 fully saturated rings. The second kappa shape index (κ2) is 7.12. The minimum atomic E-state index is 0.354. The summed E-state index contributed by atoms with van der Waals surface area (Å²) < 4.78 is 5.66. The van der Waals surface area contributed by atoms with Gasteiger partial charge in [-0.1, -0.05) is 12.1 Å². The van der Waals surface area contributed by atoms with Crippen molar-refractivity contribution in [1.29, 1.82) is 0 Å². The Morgan fingerprint density at radius 2 is 1.89 bits per heavy atom. The number of ether oxygens (including phenoxy) is 1. The highest BCUT2D eigenvalue weighted by Gasteiger charge is 2.07. The van der Waals surface area contributed by atoms with Crippen LogP contribution in [0.4, 0.5) is 17.5 Å². The quantitative estimate of drug-likeness (QED) is 0.498. The molecule has 4 aromatic rings. The number of rotatable bonds is 5. The molecule has 0 bridgehead atoms. The van der Waals surface area contributed by atoms with Crippen LogP contribution in [0.25, 0.3) is 11.4 Å². The molecule has 0 aliphatic rings. The van der Waals surface area contributed by atoms with Crippen molar-refractivity contribution in [2.24, 2.45) is 0 Å². The van der Waals surface area contributed by atoms with E-state index in [-0.39, 0.29) is 0 Å². The van der Waals surface area contributed by atoms with Crippen LogP contribution in [0, 0.1) is 6.92 Å². The van der Waals surface area contributed by atoms with Crippen LogP contribution in [0.3, 0.4) is 0 Å². The Hall–Kier alpha value is -3.94. The van der Waals surface area contributed by atoms with Gasteiger partial charge in [0.2, 0.25) is 11.8 Å². The molecule has 134 valence electrons. The second-order valence-corrected chi connectivity index (χ2v) is 5.91. The number of nitrogens with zero attached hydrogens (tertiary/aromatic N) is 4. The molecule has 2 aromatic heterocycles. The van der Waals surface area contributed by atoms with Gasteiger partial charge in [-0.3, -0.25) is 5.10 Å². The number of aromatic amines is 1. The number of benzene rings is 2. The van der Waals surface area contributed by atoms with Gasteiger partial charge >= 0.3 is 0 Å². The first-order chi connectivity index (χ1) is 13.2. The lowest BCUT2D eigenvalue weighted by Crippen LogP contribution is -1.93. The van der Waals surface area contributed by atoms with Crippen LogP contribution < -0.4 is 15.8 Å².